The lowest BCUT2D eigenvalue weighted by Gasteiger charge is -2.08. The highest BCUT2D eigenvalue weighted by molar-refractivity contribution is 7.86. The van der Waals surface area contributed by atoms with Crippen molar-refractivity contribution in [3.8, 4) is 0 Å². The van der Waals surface area contributed by atoms with Crippen molar-refractivity contribution in [3.63, 3.8) is 0 Å². The molecule has 0 unspecified atom stereocenters. The van der Waals surface area contributed by atoms with Gasteiger partial charge in [0.2, 0.25) is 0 Å². The number of rotatable bonds is 20. The second-order valence-corrected chi connectivity index (χ2v) is 7.26. The Bertz CT molecular complexity index is 581. The molecular formula is C19H32O9S. The monoisotopic (exact) mass is 436 g/mol. The van der Waals surface area contributed by atoms with Crippen LogP contribution in [-0.2, 0) is 42.7 Å². The average molecular weight is 437 g/mol. The van der Waals surface area contributed by atoms with E-state index in [9.17, 15) is 8.42 Å². The van der Waals surface area contributed by atoms with Gasteiger partial charge in [0.1, 0.15) is 0 Å². The van der Waals surface area contributed by atoms with Gasteiger partial charge in [-0.05, 0) is 12.1 Å². The summed E-state index contributed by atoms with van der Waals surface area (Å²) in [6.07, 6.45) is 0. The van der Waals surface area contributed by atoms with Crippen LogP contribution >= 0.6 is 0 Å². The van der Waals surface area contributed by atoms with Crippen molar-refractivity contribution in [1.82, 2.24) is 0 Å². The van der Waals surface area contributed by atoms with Crippen LogP contribution in [0.5, 0.6) is 0 Å². The smallest absolute Gasteiger partial charge is 0.297 e. The lowest BCUT2D eigenvalue weighted by atomic mass is 10.4. The molecule has 1 rings (SSSR count). The van der Waals surface area contributed by atoms with Gasteiger partial charge in [-0.2, -0.15) is 8.42 Å². The maximum Gasteiger partial charge on any atom is 0.297 e. The summed E-state index contributed by atoms with van der Waals surface area (Å²) in [5.74, 6) is 0. The number of hydrogen-bond acceptors (Lipinski definition) is 9. The minimum Gasteiger partial charge on any atom is -0.382 e. The summed E-state index contributed by atoms with van der Waals surface area (Å²) in [6.45, 7) is 4.98. The molecule has 0 aromatic heterocycles. The van der Waals surface area contributed by atoms with E-state index >= 15 is 0 Å². The van der Waals surface area contributed by atoms with Gasteiger partial charge in [0.05, 0.1) is 84.2 Å². The van der Waals surface area contributed by atoms with E-state index in [4.69, 9.17) is 32.6 Å². The first-order valence-electron chi connectivity index (χ1n) is 9.49. The van der Waals surface area contributed by atoms with E-state index in [1.807, 2.05) is 0 Å². The number of methoxy groups -OCH3 is 1. The second kappa shape index (κ2) is 17.7. The summed E-state index contributed by atoms with van der Waals surface area (Å²) in [4.78, 5) is 0.129. The van der Waals surface area contributed by atoms with Gasteiger partial charge >= 0.3 is 0 Å². The molecule has 1 aromatic carbocycles. The van der Waals surface area contributed by atoms with Gasteiger partial charge in [0.15, 0.2) is 0 Å². The van der Waals surface area contributed by atoms with Gasteiger partial charge in [-0.15, -0.1) is 0 Å². The molecule has 0 saturated heterocycles. The standard InChI is InChI=1S/C19H32O9S/c1-22-7-8-23-9-10-24-11-12-25-13-14-26-15-16-27-17-18-28-29(20,21)19-5-3-2-4-6-19/h2-6H,7-18H2,1H3. The fourth-order valence-corrected chi connectivity index (χ4v) is 2.90. The largest absolute Gasteiger partial charge is 0.382 e. The zero-order valence-corrected chi connectivity index (χ0v) is 17.8. The Morgan fingerprint density at radius 3 is 1.38 bits per heavy atom. The van der Waals surface area contributed by atoms with E-state index in [-0.39, 0.29) is 18.1 Å². The molecule has 0 amide bonds. The fraction of sp³-hybridized carbons (Fsp3) is 0.684. The van der Waals surface area contributed by atoms with Crippen molar-refractivity contribution in [2.24, 2.45) is 0 Å². The third kappa shape index (κ3) is 14.5. The Balaban J connectivity index is 1.80. The SMILES string of the molecule is COCCOCCOCCOCCOCCOCCOS(=O)(=O)c1ccccc1. The molecule has 0 atom stereocenters. The van der Waals surface area contributed by atoms with Gasteiger partial charge in [-0.3, -0.25) is 4.18 Å². The highest BCUT2D eigenvalue weighted by Crippen LogP contribution is 2.10. The lowest BCUT2D eigenvalue weighted by molar-refractivity contribution is -0.0158. The highest BCUT2D eigenvalue weighted by atomic mass is 32.2. The van der Waals surface area contributed by atoms with E-state index in [1.54, 1.807) is 25.3 Å². The predicted molar refractivity (Wildman–Crippen MR) is 106 cm³/mol. The molecule has 0 spiro atoms. The van der Waals surface area contributed by atoms with E-state index in [1.165, 1.54) is 12.1 Å². The average Bonchev–Trinajstić information content (AvgIpc) is 2.73. The summed E-state index contributed by atoms with van der Waals surface area (Å²) in [5, 5.41) is 0. The molecule has 0 aliphatic rings. The van der Waals surface area contributed by atoms with Crippen LogP contribution in [0.4, 0.5) is 0 Å². The molecule has 168 valence electrons. The first kappa shape index (κ1) is 25.9. The van der Waals surface area contributed by atoms with Gasteiger partial charge in [-0.1, -0.05) is 18.2 Å². The topological polar surface area (TPSA) is 98.8 Å². The zero-order chi connectivity index (χ0) is 21.0. The summed E-state index contributed by atoms with van der Waals surface area (Å²) in [5.41, 5.74) is 0. The van der Waals surface area contributed by atoms with Crippen LogP contribution in [0.1, 0.15) is 0 Å². The minimum absolute atomic E-state index is 0.0439. The molecule has 0 saturated carbocycles. The van der Waals surface area contributed by atoms with Crippen LogP contribution < -0.4 is 0 Å². The van der Waals surface area contributed by atoms with Crippen LogP contribution in [0, 0.1) is 0 Å². The van der Waals surface area contributed by atoms with Gasteiger partial charge in [0.25, 0.3) is 10.1 Å². The maximum atomic E-state index is 11.9. The molecule has 0 bridgehead atoms. The Kier molecular flexibility index (Phi) is 15.8. The molecule has 0 fully saturated rings. The first-order chi connectivity index (χ1) is 14.2. The summed E-state index contributed by atoms with van der Waals surface area (Å²) >= 11 is 0. The molecular weight excluding hydrogens is 404 g/mol. The normalized spacial score (nSPS) is 11.8. The number of benzene rings is 1. The van der Waals surface area contributed by atoms with Crippen molar-refractivity contribution in [1.29, 1.82) is 0 Å². The van der Waals surface area contributed by atoms with E-state index < -0.39 is 10.1 Å². The zero-order valence-electron chi connectivity index (χ0n) is 17.0. The lowest BCUT2D eigenvalue weighted by Crippen LogP contribution is -2.15. The van der Waals surface area contributed by atoms with Crippen molar-refractivity contribution in [2.45, 2.75) is 4.90 Å². The first-order valence-corrected chi connectivity index (χ1v) is 10.9. The van der Waals surface area contributed by atoms with Crippen molar-refractivity contribution >= 4 is 10.1 Å². The maximum absolute atomic E-state index is 11.9. The second-order valence-electron chi connectivity index (χ2n) is 5.64. The number of hydrogen-bond donors (Lipinski definition) is 0. The number of ether oxygens (including phenoxy) is 6. The van der Waals surface area contributed by atoms with Crippen molar-refractivity contribution in [2.75, 3.05) is 86.4 Å². The Morgan fingerprint density at radius 1 is 0.586 bits per heavy atom. The van der Waals surface area contributed by atoms with E-state index in [0.29, 0.717) is 66.1 Å². The molecule has 29 heavy (non-hydrogen) atoms. The van der Waals surface area contributed by atoms with Gasteiger partial charge in [-0.25, -0.2) is 0 Å². The van der Waals surface area contributed by atoms with Gasteiger partial charge < -0.3 is 28.4 Å². The molecule has 0 heterocycles. The Morgan fingerprint density at radius 2 is 0.966 bits per heavy atom. The summed E-state index contributed by atoms with van der Waals surface area (Å²) in [6, 6.07) is 7.99. The minimum atomic E-state index is -3.73. The Hall–Kier alpha value is -1.11. The van der Waals surface area contributed by atoms with Crippen LogP contribution in [0.15, 0.2) is 35.2 Å². The van der Waals surface area contributed by atoms with Crippen LogP contribution in [0.25, 0.3) is 0 Å². The van der Waals surface area contributed by atoms with Crippen LogP contribution in [0.2, 0.25) is 0 Å². The molecule has 0 N–H and O–H groups in total. The molecule has 0 aliphatic carbocycles. The predicted octanol–water partition coefficient (Wildman–Crippen LogP) is 1.12. The fourth-order valence-electron chi connectivity index (χ4n) is 1.98. The highest BCUT2D eigenvalue weighted by Gasteiger charge is 2.13. The van der Waals surface area contributed by atoms with Crippen LogP contribution in [0.3, 0.4) is 0 Å². The molecule has 0 aliphatic heterocycles. The quantitative estimate of drug-likeness (QED) is 0.220. The van der Waals surface area contributed by atoms with Crippen molar-refractivity contribution in [3.05, 3.63) is 30.3 Å². The molecule has 9 nitrogen and oxygen atoms in total. The van der Waals surface area contributed by atoms with Crippen molar-refractivity contribution < 1.29 is 41.0 Å². The van der Waals surface area contributed by atoms with E-state index in [0.717, 1.165) is 0 Å². The molecule has 10 heteroatoms. The summed E-state index contributed by atoms with van der Waals surface area (Å²) in [7, 11) is -2.10. The van der Waals surface area contributed by atoms with Crippen LogP contribution in [-0.4, -0.2) is 94.8 Å². The Labute approximate surface area is 173 Å². The van der Waals surface area contributed by atoms with Gasteiger partial charge in [0, 0.05) is 7.11 Å². The molecule has 1 aromatic rings. The molecule has 0 radical (unpaired) electrons. The third-order valence-electron chi connectivity index (χ3n) is 3.42. The van der Waals surface area contributed by atoms with E-state index in [2.05, 4.69) is 0 Å². The summed E-state index contributed by atoms with van der Waals surface area (Å²) < 4.78 is 60.1. The third-order valence-corrected chi connectivity index (χ3v) is 4.74.